The van der Waals surface area contributed by atoms with E-state index >= 15 is 0 Å². The number of nitrogens with two attached hydrogens (primary N) is 1. The van der Waals surface area contributed by atoms with Gasteiger partial charge in [-0.2, -0.15) is 0 Å². The van der Waals surface area contributed by atoms with E-state index in [4.69, 9.17) is 5.73 Å². The number of aromatic nitrogens is 2. The van der Waals surface area contributed by atoms with E-state index in [0.29, 0.717) is 5.82 Å². The van der Waals surface area contributed by atoms with Crippen molar-refractivity contribution in [3.63, 3.8) is 0 Å². The molecule has 2 heterocycles. The monoisotopic (exact) mass is 289 g/mol. The quantitative estimate of drug-likeness (QED) is 0.623. The van der Waals surface area contributed by atoms with Crippen LogP contribution in [-0.4, -0.2) is 26.3 Å². The maximum atomic E-state index is 11.4. The minimum absolute atomic E-state index is 0.137. The van der Waals surface area contributed by atoms with E-state index in [1.54, 1.807) is 4.90 Å². The van der Waals surface area contributed by atoms with Crippen molar-refractivity contribution in [2.24, 2.45) is 5.73 Å². The van der Waals surface area contributed by atoms with Crippen molar-refractivity contribution in [3.8, 4) is 0 Å². The highest BCUT2D eigenvalue weighted by Crippen LogP contribution is 2.26. The number of H-pyrrole nitrogens is 1. The molecule has 104 valence electrons. The van der Waals surface area contributed by atoms with E-state index in [0.717, 1.165) is 16.9 Å². The lowest BCUT2D eigenvalue weighted by Crippen LogP contribution is -2.50. The molecule has 1 aromatic heterocycles. The number of nitrogens with zero attached hydrogens (tertiary/aromatic N) is 2. The number of carbonyl (C=O) groups excluding carboxylic acids is 1. The van der Waals surface area contributed by atoms with Gasteiger partial charge < -0.3 is 20.9 Å². The van der Waals surface area contributed by atoms with Crippen LogP contribution in [0.25, 0.3) is 11.0 Å². The lowest BCUT2D eigenvalue weighted by atomic mass is 10.2. The number of fused-ring (bicyclic) bond motifs is 1. The molecule has 1 aliphatic rings. The van der Waals surface area contributed by atoms with Gasteiger partial charge in [0.05, 0.1) is 17.1 Å². The third-order valence-corrected chi connectivity index (χ3v) is 3.71. The second-order valence-electron chi connectivity index (χ2n) is 4.67. The fraction of sp³-hybridized carbons (Fsp3) is 0.231. The number of amides is 1. The summed E-state index contributed by atoms with van der Waals surface area (Å²) in [6, 6.07) is 7.66. The molecular weight excluding hydrogens is 274 g/mol. The van der Waals surface area contributed by atoms with Crippen molar-refractivity contribution in [1.82, 2.24) is 20.2 Å². The van der Waals surface area contributed by atoms with Gasteiger partial charge in [-0.1, -0.05) is 12.1 Å². The zero-order valence-electron chi connectivity index (χ0n) is 10.9. The van der Waals surface area contributed by atoms with Gasteiger partial charge in [0.2, 0.25) is 5.91 Å². The van der Waals surface area contributed by atoms with Gasteiger partial charge in [-0.25, -0.2) is 4.98 Å². The van der Waals surface area contributed by atoms with Gasteiger partial charge in [0.15, 0.2) is 0 Å². The highest BCUT2D eigenvalue weighted by molar-refractivity contribution is 7.80. The molecule has 2 unspecified atom stereocenters. The highest BCUT2D eigenvalue weighted by Gasteiger charge is 2.29. The lowest BCUT2D eigenvalue weighted by Gasteiger charge is -2.37. The first kappa shape index (κ1) is 12.9. The first-order valence-electron chi connectivity index (χ1n) is 6.25. The molecule has 0 saturated heterocycles. The average molecular weight is 289 g/mol. The van der Waals surface area contributed by atoms with E-state index in [9.17, 15) is 4.79 Å². The van der Waals surface area contributed by atoms with Gasteiger partial charge in [-0.3, -0.25) is 4.79 Å². The van der Waals surface area contributed by atoms with Gasteiger partial charge in [0.25, 0.3) is 0 Å². The van der Waals surface area contributed by atoms with Crippen LogP contribution in [-0.2, 0) is 4.79 Å². The van der Waals surface area contributed by atoms with Crippen LogP contribution in [0.5, 0.6) is 0 Å². The van der Waals surface area contributed by atoms with Crippen molar-refractivity contribution in [2.75, 3.05) is 0 Å². The van der Waals surface area contributed by atoms with Crippen LogP contribution in [0.2, 0.25) is 0 Å². The van der Waals surface area contributed by atoms with Crippen LogP contribution in [0.4, 0.5) is 0 Å². The van der Waals surface area contributed by atoms with Crippen molar-refractivity contribution in [1.29, 1.82) is 0 Å². The Morgan fingerprint density at radius 1 is 1.45 bits per heavy atom. The Morgan fingerprint density at radius 3 is 2.90 bits per heavy atom. The first-order chi connectivity index (χ1) is 9.56. The summed E-state index contributed by atoms with van der Waals surface area (Å²) in [4.78, 5) is 21.0. The van der Waals surface area contributed by atoms with Crippen LogP contribution in [0.15, 0.2) is 36.2 Å². The van der Waals surface area contributed by atoms with Crippen molar-refractivity contribution < 1.29 is 4.79 Å². The van der Waals surface area contributed by atoms with Gasteiger partial charge in [0, 0.05) is 6.08 Å². The number of rotatable bonds is 2. The Bertz CT molecular complexity index is 662. The Kier molecular flexibility index (Phi) is 3.06. The average Bonchev–Trinajstić information content (AvgIpc) is 2.81. The molecule has 7 heteroatoms. The molecule has 20 heavy (non-hydrogen) atoms. The summed E-state index contributed by atoms with van der Waals surface area (Å²) < 4.78 is 0. The molecule has 1 amide bonds. The normalized spacial score (nSPS) is 20.7. The number of hydrogen-bond donors (Lipinski definition) is 4. The number of hydrogen-bond acceptors (Lipinski definition) is 5. The first-order valence-corrected chi connectivity index (χ1v) is 6.76. The van der Waals surface area contributed by atoms with Crippen LogP contribution in [0.3, 0.4) is 0 Å². The van der Waals surface area contributed by atoms with Gasteiger partial charge in [0.1, 0.15) is 17.1 Å². The fourth-order valence-electron chi connectivity index (χ4n) is 2.33. The van der Waals surface area contributed by atoms with E-state index < -0.39 is 5.50 Å². The number of benzene rings is 1. The molecule has 0 fully saturated rings. The molecule has 6 nitrogen and oxygen atoms in total. The maximum absolute atomic E-state index is 11.4. The summed E-state index contributed by atoms with van der Waals surface area (Å²) in [6.07, 6.45) is 1.35. The molecule has 1 aromatic carbocycles. The predicted molar refractivity (Wildman–Crippen MR) is 79.5 cm³/mol. The summed E-state index contributed by atoms with van der Waals surface area (Å²) in [5, 5.41) is 2.70. The van der Waals surface area contributed by atoms with E-state index in [1.807, 2.05) is 31.2 Å². The second kappa shape index (κ2) is 4.75. The van der Waals surface area contributed by atoms with E-state index in [1.165, 1.54) is 6.08 Å². The predicted octanol–water partition coefficient (Wildman–Crippen LogP) is 1.07. The summed E-state index contributed by atoms with van der Waals surface area (Å²) in [5.74, 6) is 0.912. The molecule has 0 aliphatic carbocycles. The molecule has 2 aromatic rings. The maximum Gasteiger partial charge on any atom is 0.249 e. The largest absolute Gasteiger partial charge is 0.385 e. The number of carbonyl (C=O) groups is 1. The Balaban J connectivity index is 1.97. The van der Waals surface area contributed by atoms with Gasteiger partial charge >= 0.3 is 0 Å². The highest BCUT2D eigenvalue weighted by atomic mass is 32.1. The topological polar surface area (TPSA) is 87.0 Å². The van der Waals surface area contributed by atoms with Crippen molar-refractivity contribution >= 4 is 29.6 Å². The molecule has 3 rings (SSSR count). The number of thiol groups is 1. The van der Waals surface area contributed by atoms with Gasteiger partial charge in [-0.05, 0) is 19.1 Å². The SMILES string of the molecule is CC(c1nc2ccccc2[nH]1)N1C(N)=CC(=O)NC1S. The zero-order chi connectivity index (χ0) is 14.3. The molecule has 2 atom stereocenters. The summed E-state index contributed by atoms with van der Waals surface area (Å²) >= 11 is 4.36. The molecule has 1 aliphatic heterocycles. The third kappa shape index (κ3) is 2.09. The van der Waals surface area contributed by atoms with Crippen LogP contribution < -0.4 is 11.1 Å². The standard InChI is InChI=1S/C13H15N5OS/c1-7(18-10(14)6-11(19)17-13(18)20)12-15-8-4-2-3-5-9(8)16-12/h2-7,13,20H,14H2,1H3,(H,15,16)(H,17,19). The Morgan fingerprint density at radius 2 is 2.20 bits per heavy atom. The lowest BCUT2D eigenvalue weighted by molar-refractivity contribution is -0.118. The number of aromatic amines is 1. The van der Waals surface area contributed by atoms with Crippen LogP contribution >= 0.6 is 12.6 Å². The number of para-hydroxylation sites is 2. The van der Waals surface area contributed by atoms with Crippen LogP contribution in [0, 0.1) is 0 Å². The number of nitrogens with one attached hydrogen (secondary N) is 2. The molecule has 0 radical (unpaired) electrons. The fourth-order valence-corrected chi connectivity index (χ4v) is 2.79. The molecule has 0 bridgehead atoms. The van der Waals surface area contributed by atoms with E-state index in [-0.39, 0.29) is 11.9 Å². The summed E-state index contributed by atoms with van der Waals surface area (Å²) in [7, 11) is 0. The Labute approximate surface area is 121 Å². The summed E-state index contributed by atoms with van der Waals surface area (Å²) in [5.41, 5.74) is 7.32. The minimum atomic E-state index is -0.476. The molecule has 4 N–H and O–H groups in total. The smallest absolute Gasteiger partial charge is 0.249 e. The van der Waals surface area contributed by atoms with Crippen LogP contribution in [0.1, 0.15) is 18.8 Å². The molecule has 0 spiro atoms. The van der Waals surface area contributed by atoms with E-state index in [2.05, 4.69) is 27.9 Å². The third-order valence-electron chi connectivity index (χ3n) is 3.33. The Hall–Kier alpha value is -2.15. The number of imidazole rings is 1. The second-order valence-corrected chi connectivity index (χ2v) is 5.16. The van der Waals surface area contributed by atoms with Gasteiger partial charge in [-0.15, -0.1) is 12.6 Å². The molecular formula is C13H15N5OS. The van der Waals surface area contributed by atoms with Crippen molar-refractivity contribution in [3.05, 3.63) is 42.0 Å². The van der Waals surface area contributed by atoms with Crippen molar-refractivity contribution in [2.45, 2.75) is 18.5 Å². The zero-order valence-corrected chi connectivity index (χ0v) is 11.8. The molecule has 0 saturated carbocycles. The summed E-state index contributed by atoms with van der Waals surface area (Å²) in [6.45, 7) is 1.96. The minimum Gasteiger partial charge on any atom is -0.385 e.